The van der Waals surface area contributed by atoms with E-state index in [1.54, 1.807) is 7.11 Å². The van der Waals surface area contributed by atoms with Gasteiger partial charge >= 0.3 is 0 Å². The van der Waals surface area contributed by atoms with Crippen molar-refractivity contribution in [3.8, 4) is 0 Å². The van der Waals surface area contributed by atoms with Gasteiger partial charge in [-0.3, -0.25) is 4.79 Å². The molecule has 0 spiro atoms. The van der Waals surface area contributed by atoms with Crippen molar-refractivity contribution in [2.75, 3.05) is 33.3 Å². The molecule has 1 aliphatic heterocycles. The molecule has 0 radical (unpaired) electrons. The molecule has 94 valence electrons. The molecule has 0 atom stereocenters. The van der Waals surface area contributed by atoms with Gasteiger partial charge in [-0.25, -0.2) is 0 Å². The van der Waals surface area contributed by atoms with E-state index in [2.05, 4.69) is 5.32 Å². The van der Waals surface area contributed by atoms with Crippen LogP contribution < -0.4 is 5.32 Å². The Morgan fingerprint density at radius 2 is 2.24 bits per heavy atom. The van der Waals surface area contributed by atoms with E-state index in [1.807, 2.05) is 17.9 Å². The first-order chi connectivity index (χ1) is 8.22. The molecule has 1 amide bonds. The minimum absolute atomic E-state index is 0.0219. The van der Waals surface area contributed by atoms with Crippen LogP contribution in [0.5, 0.6) is 0 Å². The number of carbonyl (C=O) groups is 1. The van der Waals surface area contributed by atoms with E-state index in [9.17, 15) is 4.79 Å². The number of methoxy groups -OCH3 is 1. The maximum absolute atomic E-state index is 12.2. The van der Waals surface area contributed by atoms with Crippen LogP contribution in [0.3, 0.4) is 0 Å². The van der Waals surface area contributed by atoms with Gasteiger partial charge in [-0.05, 0) is 13.0 Å². The second-order valence-corrected chi connectivity index (χ2v) is 4.20. The number of furan rings is 1. The van der Waals surface area contributed by atoms with Gasteiger partial charge in [-0.1, -0.05) is 0 Å². The number of rotatable bonds is 3. The number of amides is 1. The van der Waals surface area contributed by atoms with Crippen molar-refractivity contribution in [2.45, 2.75) is 13.5 Å². The molecule has 0 aromatic carbocycles. The lowest BCUT2D eigenvalue weighted by Crippen LogP contribution is -2.46. The Balaban J connectivity index is 2.12. The van der Waals surface area contributed by atoms with Crippen molar-refractivity contribution in [1.82, 2.24) is 10.2 Å². The second-order valence-electron chi connectivity index (χ2n) is 4.20. The molecule has 17 heavy (non-hydrogen) atoms. The lowest BCUT2D eigenvalue weighted by atomic mass is 10.2. The summed E-state index contributed by atoms with van der Waals surface area (Å²) in [6, 6.07) is 1.86. The Morgan fingerprint density at radius 3 is 2.88 bits per heavy atom. The Hall–Kier alpha value is -1.33. The van der Waals surface area contributed by atoms with Crippen LogP contribution in [0.25, 0.3) is 0 Å². The summed E-state index contributed by atoms with van der Waals surface area (Å²) in [5.74, 6) is 1.12. The average Bonchev–Trinajstić information content (AvgIpc) is 2.71. The summed E-state index contributed by atoms with van der Waals surface area (Å²) >= 11 is 0. The molecule has 5 nitrogen and oxygen atoms in total. The van der Waals surface area contributed by atoms with Crippen molar-refractivity contribution in [2.24, 2.45) is 0 Å². The number of piperazine rings is 1. The fraction of sp³-hybridized carbons (Fsp3) is 0.583. The van der Waals surface area contributed by atoms with E-state index in [4.69, 9.17) is 9.15 Å². The number of hydrogen-bond donors (Lipinski definition) is 1. The predicted octanol–water partition coefficient (Wildman–Crippen LogP) is 0.780. The zero-order chi connectivity index (χ0) is 12.3. The summed E-state index contributed by atoms with van der Waals surface area (Å²) in [5.41, 5.74) is 0.876. The maximum Gasteiger partial charge on any atom is 0.289 e. The fourth-order valence-electron chi connectivity index (χ4n) is 1.99. The zero-order valence-electron chi connectivity index (χ0n) is 10.3. The highest BCUT2D eigenvalue weighted by Gasteiger charge is 2.23. The molecule has 0 saturated carbocycles. The molecular formula is C12H18N2O3. The molecule has 0 bridgehead atoms. The van der Waals surface area contributed by atoms with Crippen molar-refractivity contribution < 1.29 is 13.9 Å². The van der Waals surface area contributed by atoms with Crippen LogP contribution >= 0.6 is 0 Å². The van der Waals surface area contributed by atoms with Gasteiger partial charge in [0, 0.05) is 38.9 Å². The Kier molecular flexibility index (Phi) is 3.81. The summed E-state index contributed by atoms with van der Waals surface area (Å²) in [5, 5.41) is 3.22. The lowest BCUT2D eigenvalue weighted by molar-refractivity contribution is 0.0695. The summed E-state index contributed by atoms with van der Waals surface area (Å²) in [4.78, 5) is 14.0. The highest BCUT2D eigenvalue weighted by Crippen LogP contribution is 2.17. The Labute approximate surface area is 101 Å². The predicted molar refractivity (Wildman–Crippen MR) is 62.9 cm³/mol. The van der Waals surface area contributed by atoms with Crippen molar-refractivity contribution in [3.63, 3.8) is 0 Å². The van der Waals surface area contributed by atoms with E-state index >= 15 is 0 Å². The molecule has 5 heteroatoms. The molecule has 2 rings (SSSR count). The van der Waals surface area contributed by atoms with Gasteiger partial charge in [-0.2, -0.15) is 0 Å². The van der Waals surface area contributed by atoms with E-state index < -0.39 is 0 Å². The number of carbonyl (C=O) groups excluding carboxylic acids is 1. The number of hydrogen-bond acceptors (Lipinski definition) is 4. The third-order valence-electron chi connectivity index (χ3n) is 2.85. The highest BCUT2D eigenvalue weighted by molar-refractivity contribution is 5.93. The molecule has 1 aromatic rings. The maximum atomic E-state index is 12.2. The first-order valence-corrected chi connectivity index (χ1v) is 5.80. The number of aryl methyl sites for hydroxylation is 1. The van der Waals surface area contributed by atoms with E-state index in [0.29, 0.717) is 18.1 Å². The number of ether oxygens (including phenoxy) is 1. The van der Waals surface area contributed by atoms with Crippen molar-refractivity contribution in [3.05, 3.63) is 23.2 Å². The number of nitrogens with one attached hydrogen (secondary N) is 1. The topological polar surface area (TPSA) is 54.7 Å². The molecular weight excluding hydrogens is 220 g/mol. The van der Waals surface area contributed by atoms with Crippen LogP contribution in [0.15, 0.2) is 10.5 Å². The normalized spacial score (nSPS) is 16.2. The van der Waals surface area contributed by atoms with Gasteiger partial charge in [0.05, 0.1) is 0 Å². The van der Waals surface area contributed by atoms with Crippen LogP contribution in [0, 0.1) is 6.92 Å². The molecule has 2 heterocycles. The van der Waals surface area contributed by atoms with Gasteiger partial charge < -0.3 is 19.4 Å². The average molecular weight is 238 g/mol. The van der Waals surface area contributed by atoms with Gasteiger partial charge in [0.2, 0.25) is 0 Å². The number of nitrogens with zero attached hydrogens (tertiary/aromatic N) is 1. The molecule has 1 saturated heterocycles. The van der Waals surface area contributed by atoms with E-state index in [1.165, 1.54) is 0 Å². The van der Waals surface area contributed by atoms with Gasteiger partial charge in [0.25, 0.3) is 5.91 Å². The SMILES string of the molecule is COCc1cc(C)c(C(=O)N2CCNCC2)o1. The van der Waals surface area contributed by atoms with E-state index in [-0.39, 0.29) is 5.91 Å². The third kappa shape index (κ3) is 2.68. The second kappa shape index (κ2) is 5.33. The lowest BCUT2D eigenvalue weighted by Gasteiger charge is -2.26. The van der Waals surface area contributed by atoms with Crippen LogP contribution in [-0.2, 0) is 11.3 Å². The standard InChI is InChI=1S/C12H18N2O3/c1-9-7-10(8-16-2)17-11(9)12(15)14-5-3-13-4-6-14/h7,13H,3-6,8H2,1-2H3. The summed E-state index contributed by atoms with van der Waals surface area (Å²) < 4.78 is 10.5. The fourth-order valence-corrected chi connectivity index (χ4v) is 1.99. The first kappa shape index (κ1) is 12.1. The minimum Gasteiger partial charge on any atom is -0.453 e. The van der Waals surface area contributed by atoms with Gasteiger partial charge in [-0.15, -0.1) is 0 Å². The Morgan fingerprint density at radius 1 is 1.53 bits per heavy atom. The van der Waals surface area contributed by atoms with Crippen LogP contribution in [0.4, 0.5) is 0 Å². The van der Waals surface area contributed by atoms with Gasteiger partial charge in [0.15, 0.2) is 5.76 Å². The summed E-state index contributed by atoms with van der Waals surface area (Å²) in [6.07, 6.45) is 0. The first-order valence-electron chi connectivity index (χ1n) is 5.80. The van der Waals surface area contributed by atoms with E-state index in [0.717, 1.165) is 31.7 Å². The largest absolute Gasteiger partial charge is 0.453 e. The third-order valence-corrected chi connectivity index (χ3v) is 2.85. The molecule has 1 fully saturated rings. The highest BCUT2D eigenvalue weighted by atomic mass is 16.5. The van der Waals surface area contributed by atoms with Gasteiger partial charge in [0.1, 0.15) is 12.4 Å². The Bertz CT molecular complexity index is 394. The summed E-state index contributed by atoms with van der Waals surface area (Å²) in [6.45, 7) is 5.44. The van der Waals surface area contributed by atoms with Crippen molar-refractivity contribution in [1.29, 1.82) is 0 Å². The summed E-state index contributed by atoms with van der Waals surface area (Å²) in [7, 11) is 1.61. The smallest absolute Gasteiger partial charge is 0.289 e. The quantitative estimate of drug-likeness (QED) is 0.845. The zero-order valence-corrected chi connectivity index (χ0v) is 10.3. The molecule has 1 aliphatic rings. The van der Waals surface area contributed by atoms with Crippen LogP contribution in [0.1, 0.15) is 21.9 Å². The minimum atomic E-state index is -0.0219. The monoisotopic (exact) mass is 238 g/mol. The van der Waals surface area contributed by atoms with Crippen molar-refractivity contribution >= 4 is 5.91 Å². The van der Waals surface area contributed by atoms with Crippen LogP contribution in [0.2, 0.25) is 0 Å². The molecule has 1 aromatic heterocycles. The molecule has 0 aliphatic carbocycles. The molecule has 1 N–H and O–H groups in total. The van der Waals surface area contributed by atoms with Crippen LogP contribution in [-0.4, -0.2) is 44.1 Å². The molecule has 0 unspecified atom stereocenters.